The molecule has 0 atom stereocenters. The minimum absolute atomic E-state index is 0.0997. The molecular formula is C13H11BF4NO-. The summed E-state index contributed by atoms with van der Waals surface area (Å²) in [7, 11) is 0. The molecule has 0 aliphatic rings. The number of hydrogen-bond donors (Lipinski definition) is 0. The van der Waals surface area contributed by atoms with Crippen molar-refractivity contribution < 1.29 is 22.1 Å². The van der Waals surface area contributed by atoms with Crippen LogP contribution >= 0.6 is 0 Å². The van der Waals surface area contributed by atoms with Crippen molar-refractivity contribution in [1.82, 2.24) is 4.98 Å². The summed E-state index contributed by atoms with van der Waals surface area (Å²) in [6.07, 6.45) is 1.53. The average molecular weight is 284 g/mol. The van der Waals surface area contributed by atoms with Gasteiger partial charge in [-0.2, -0.15) is 0 Å². The molecule has 2 rings (SSSR count). The lowest BCUT2D eigenvalue weighted by atomic mass is 9.79. The second-order valence-electron chi connectivity index (χ2n) is 4.31. The first-order valence-corrected chi connectivity index (χ1v) is 5.90. The Balaban J connectivity index is 2.24. The van der Waals surface area contributed by atoms with Gasteiger partial charge in [0.15, 0.2) is 0 Å². The number of hydrogen-bond acceptors (Lipinski definition) is 2. The van der Waals surface area contributed by atoms with Gasteiger partial charge in [0.05, 0.1) is 11.4 Å². The van der Waals surface area contributed by atoms with Gasteiger partial charge in [0.1, 0.15) is 12.4 Å². The zero-order valence-corrected chi connectivity index (χ0v) is 10.6. The molecule has 0 bridgehead atoms. The lowest BCUT2D eigenvalue weighted by Crippen LogP contribution is -2.35. The van der Waals surface area contributed by atoms with Crippen molar-refractivity contribution in [3.8, 4) is 5.75 Å². The normalized spacial score (nSPS) is 11.4. The molecule has 1 aromatic carbocycles. The summed E-state index contributed by atoms with van der Waals surface area (Å²) in [6, 6.07) is 5.87. The van der Waals surface area contributed by atoms with Crippen molar-refractivity contribution in [2.45, 2.75) is 13.5 Å². The summed E-state index contributed by atoms with van der Waals surface area (Å²) in [5.41, 5.74) is 0.282. The number of benzene rings is 1. The zero-order chi connectivity index (χ0) is 14.8. The van der Waals surface area contributed by atoms with Crippen LogP contribution in [0.5, 0.6) is 5.75 Å². The second-order valence-corrected chi connectivity index (χ2v) is 4.31. The number of ether oxygens (including phenoxy) is 1. The Bertz CT molecular complexity index is 616. The van der Waals surface area contributed by atoms with E-state index in [0.717, 1.165) is 17.7 Å². The summed E-state index contributed by atoms with van der Waals surface area (Å²) in [5, 5.41) is 0. The van der Waals surface area contributed by atoms with Crippen molar-refractivity contribution >= 4 is 12.4 Å². The molecule has 0 fully saturated rings. The molecule has 0 unspecified atom stereocenters. The van der Waals surface area contributed by atoms with Crippen LogP contribution in [0.15, 0.2) is 36.5 Å². The van der Waals surface area contributed by atoms with Crippen LogP contribution in [0.4, 0.5) is 17.3 Å². The van der Waals surface area contributed by atoms with Crippen LogP contribution in [0.25, 0.3) is 0 Å². The molecule has 106 valence electrons. The van der Waals surface area contributed by atoms with Crippen LogP contribution in [0.1, 0.15) is 11.3 Å². The van der Waals surface area contributed by atoms with Gasteiger partial charge in [0, 0.05) is 6.20 Å². The standard InChI is InChI=1S/C13H11BF4NO/c1-9-3-2-6-19-12(9)8-20-13-5-4-10(15)7-11(13)14(16,17)18/h2-7H,8H2,1H3/q-1. The van der Waals surface area contributed by atoms with E-state index in [1.165, 1.54) is 6.20 Å². The van der Waals surface area contributed by atoms with E-state index in [-0.39, 0.29) is 12.4 Å². The van der Waals surface area contributed by atoms with Crippen molar-refractivity contribution in [2.24, 2.45) is 0 Å². The number of aryl methyl sites for hydroxylation is 1. The maximum Gasteiger partial charge on any atom is 0.513 e. The molecule has 7 heteroatoms. The van der Waals surface area contributed by atoms with E-state index in [1.807, 2.05) is 0 Å². The van der Waals surface area contributed by atoms with Gasteiger partial charge in [0.2, 0.25) is 0 Å². The van der Waals surface area contributed by atoms with Crippen LogP contribution in [-0.4, -0.2) is 12.0 Å². The third kappa shape index (κ3) is 3.29. The lowest BCUT2D eigenvalue weighted by Gasteiger charge is -2.20. The highest BCUT2D eigenvalue weighted by atomic mass is 19.4. The number of rotatable bonds is 4. The minimum atomic E-state index is -5.33. The first-order chi connectivity index (χ1) is 9.38. The molecule has 0 saturated heterocycles. The quantitative estimate of drug-likeness (QED) is 0.635. The molecule has 0 spiro atoms. The van der Waals surface area contributed by atoms with Crippen LogP contribution in [0.2, 0.25) is 0 Å². The highest BCUT2D eigenvalue weighted by molar-refractivity contribution is 6.74. The molecule has 0 saturated carbocycles. The topological polar surface area (TPSA) is 22.1 Å². The van der Waals surface area contributed by atoms with Crippen LogP contribution < -0.4 is 10.2 Å². The Kier molecular flexibility index (Phi) is 3.97. The maximum atomic E-state index is 12.9. The van der Waals surface area contributed by atoms with Gasteiger partial charge in [-0.3, -0.25) is 4.98 Å². The number of aromatic nitrogens is 1. The van der Waals surface area contributed by atoms with E-state index < -0.39 is 18.3 Å². The van der Waals surface area contributed by atoms with E-state index in [0.29, 0.717) is 11.8 Å². The Morgan fingerprint density at radius 1 is 1.20 bits per heavy atom. The van der Waals surface area contributed by atoms with Gasteiger partial charge < -0.3 is 17.7 Å². The monoisotopic (exact) mass is 284 g/mol. The van der Waals surface area contributed by atoms with Crippen LogP contribution in [0, 0.1) is 12.7 Å². The fourth-order valence-electron chi connectivity index (χ4n) is 1.72. The van der Waals surface area contributed by atoms with Gasteiger partial charge in [-0.15, -0.1) is 0 Å². The lowest BCUT2D eigenvalue weighted by molar-refractivity contribution is 0.301. The molecule has 0 radical (unpaired) electrons. The summed E-state index contributed by atoms with van der Waals surface area (Å²) in [4.78, 5) is 4.03. The fraction of sp³-hybridized carbons (Fsp3) is 0.154. The molecule has 0 N–H and O–H groups in total. The largest absolute Gasteiger partial charge is 0.513 e. The van der Waals surface area contributed by atoms with Crippen molar-refractivity contribution in [1.29, 1.82) is 0 Å². The second kappa shape index (κ2) is 5.52. The molecule has 1 aromatic heterocycles. The molecule has 20 heavy (non-hydrogen) atoms. The Morgan fingerprint density at radius 3 is 2.60 bits per heavy atom. The summed E-state index contributed by atoms with van der Waals surface area (Å²) in [6.45, 7) is -3.65. The first-order valence-electron chi connectivity index (χ1n) is 5.90. The molecule has 0 aliphatic heterocycles. The van der Waals surface area contributed by atoms with E-state index in [2.05, 4.69) is 4.98 Å². The third-order valence-electron chi connectivity index (χ3n) is 2.81. The predicted octanol–water partition coefficient (Wildman–Crippen LogP) is 3.16. The SMILES string of the molecule is Cc1cccnc1COc1ccc(F)cc1[B-](F)(F)F. The van der Waals surface area contributed by atoms with Crippen molar-refractivity contribution in [3.05, 3.63) is 53.6 Å². The highest BCUT2D eigenvalue weighted by Crippen LogP contribution is 2.20. The van der Waals surface area contributed by atoms with Gasteiger partial charge in [-0.1, -0.05) is 11.5 Å². The highest BCUT2D eigenvalue weighted by Gasteiger charge is 2.29. The Hall–Kier alpha value is -2.05. The van der Waals surface area contributed by atoms with Crippen LogP contribution in [0.3, 0.4) is 0 Å². The van der Waals surface area contributed by atoms with Crippen LogP contribution in [-0.2, 0) is 6.61 Å². The third-order valence-corrected chi connectivity index (χ3v) is 2.81. The molecule has 2 aromatic rings. The van der Waals surface area contributed by atoms with Gasteiger partial charge in [0.25, 0.3) is 0 Å². The molecule has 0 amide bonds. The van der Waals surface area contributed by atoms with E-state index >= 15 is 0 Å². The summed E-state index contributed by atoms with van der Waals surface area (Å²) >= 11 is 0. The van der Waals surface area contributed by atoms with Gasteiger partial charge in [-0.25, -0.2) is 4.39 Å². The van der Waals surface area contributed by atoms with E-state index in [1.54, 1.807) is 19.1 Å². The van der Waals surface area contributed by atoms with Crippen molar-refractivity contribution in [3.63, 3.8) is 0 Å². The van der Waals surface area contributed by atoms with Crippen molar-refractivity contribution in [2.75, 3.05) is 0 Å². The molecule has 1 heterocycles. The minimum Gasteiger partial charge on any atom is -0.490 e. The smallest absolute Gasteiger partial charge is 0.490 e. The first kappa shape index (κ1) is 14.4. The molecule has 2 nitrogen and oxygen atoms in total. The number of nitrogens with zero attached hydrogens (tertiary/aromatic N) is 1. The fourth-order valence-corrected chi connectivity index (χ4v) is 1.72. The van der Waals surface area contributed by atoms with Gasteiger partial charge >= 0.3 is 6.98 Å². The molecular weight excluding hydrogens is 273 g/mol. The summed E-state index contributed by atoms with van der Waals surface area (Å²) in [5.74, 6) is -1.33. The maximum absolute atomic E-state index is 12.9. The molecule has 0 aliphatic carbocycles. The number of pyridine rings is 1. The average Bonchev–Trinajstić information content (AvgIpc) is 2.38. The van der Waals surface area contributed by atoms with E-state index in [4.69, 9.17) is 4.74 Å². The Morgan fingerprint density at radius 2 is 1.95 bits per heavy atom. The van der Waals surface area contributed by atoms with Gasteiger partial charge in [-0.05, 0) is 36.8 Å². The Labute approximate surface area is 113 Å². The van der Waals surface area contributed by atoms with E-state index in [9.17, 15) is 17.3 Å². The zero-order valence-electron chi connectivity index (χ0n) is 10.6. The summed E-state index contributed by atoms with van der Waals surface area (Å²) < 4.78 is 56.6. The number of halogens is 4. The predicted molar refractivity (Wildman–Crippen MR) is 68.4 cm³/mol.